The zero-order chi connectivity index (χ0) is 18.6. The molecule has 5 heteroatoms. The van der Waals surface area contributed by atoms with E-state index in [0.29, 0.717) is 0 Å². The molecular weight excluding hydrogens is 340 g/mol. The molecule has 0 spiro atoms. The van der Waals surface area contributed by atoms with Gasteiger partial charge in [0.15, 0.2) is 0 Å². The highest BCUT2D eigenvalue weighted by Gasteiger charge is 2.27. The minimum atomic E-state index is -0.0287. The molecule has 4 rings (SSSR count). The highest BCUT2D eigenvalue weighted by atomic mass is 16.5. The minimum absolute atomic E-state index is 0.0287. The van der Waals surface area contributed by atoms with E-state index in [0.717, 1.165) is 42.4 Å². The number of benzene rings is 2. The van der Waals surface area contributed by atoms with Gasteiger partial charge in [-0.25, -0.2) is 0 Å². The van der Waals surface area contributed by atoms with Gasteiger partial charge in [0.1, 0.15) is 17.7 Å². The summed E-state index contributed by atoms with van der Waals surface area (Å²) in [5, 5.41) is 0. The molecule has 0 bridgehead atoms. The molecule has 1 fully saturated rings. The molecule has 0 amide bonds. The molecule has 140 valence electrons. The molecule has 1 aliphatic rings. The van der Waals surface area contributed by atoms with Gasteiger partial charge < -0.3 is 18.8 Å². The maximum Gasteiger partial charge on any atom is 0.138 e. The van der Waals surface area contributed by atoms with Crippen molar-refractivity contribution in [2.45, 2.75) is 12.8 Å². The Morgan fingerprint density at radius 2 is 1.81 bits per heavy atom. The lowest BCUT2D eigenvalue weighted by atomic mass is 10.2. The zero-order valence-corrected chi connectivity index (χ0v) is 15.7. The minimum Gasteiger partial charge on any atom is -0.497 e. The van der Waals surface area contributed by atoms with Gasteiger partial charge in [0, 0.05) is 42.8 Å². The Morgan fingerprint density at radius 1 is 1.00 bits per heavy atom. The second kappa shape index (κ2) is 7.86. The first kappa shape index (κ1) is 17.6. The van der Waals surface area contributed by atoms with Crippen LogP contribution in [0.5, 0.6) is 11.5 Å². The van der Waals surface area contributed by atoms with Crippen molar-refractivity contribution < 1.29 is 14.2 Å². The van der Waals surface area contributed by atoms with Crippen LogP contribution in [-0.4, -0.2) is 36.8 Å². The first-order chi connectivity index (χ1) is 13.3. The molecule has 1 aliphatic heterocycles. The van der Waals surface area contributed by atoms with Gasteiger partial charge in [-0.2, -0.15) is 0 Å². The number of hydrogen-bond donors (Lipinski definition) is 0. The number of methoxy groups -OCH3 is 2. The predicted octanol–water partition coefficient (Wildman–Crippen LogP) is 4.03. The summed E-state index contributed by atoms with van der Waals surface area (Å²) in [6, 6.07) is 18.4. The molecule has 3 aromatic rings. The van der Waals surface area contributed by atoms with Gasteiger partial charge in [0.25, 0.3) is 0 Å². The Labute approximate surface area is 159 Å². The van der Waals surface area contributed by atoms with E-state index in [9.17, 15) is 0 Å². The number of ether oxygens (including phenoxy) is 3. The smallest absolute Gasteiger partial charge is 0.138 e. The molecule has 1 saturated heterocycles. The third-order valence-corrected chi connectivity index (χ3v) is 4.88. The molecule has 2 heterocycles. The van der Waals surface area contributed by atoms with Crippen molar-refractivity contribution in [3.05, 3.63) is 78.1 Å². The van der Waals surface area contributed by atoms with Crippen LogP contribution < -0.4 is 9.47 Å². The van der Waals surface area contributed by atoms with E-state index in [1.54, 1.807) is 14.2 Å². The van der Waals surface area contributed by atoms with E-state index in [2.05, 4.69) is 46.1 Å². The fourth-order valence-corrected chi connectivity index (χ4v) is 3.43. The largest absolute Gasteiger partial charge is 0.497 e. The van der Waals surface area contributed by atoms with Gasteiger partial charge in [-0.15, -0.1) is 0 Å². The fraction of sp³-hybridized carbons (Fsp3) is 0.273. The number of aromatic nitrogens is 1. The fourth-order valence-electron chi connectivity index (χ4n) is 3.43. The first-order valence-electron chi connectivity index (χ1n) is 9.08. The molecule has 0 radical (unpaired) electrons. The van der Waals surface area contributed by atoms with Gasteiger partial charge in [-0.3, -0.25) is 4.90 Å². The highest BCUT2D eigenvalue weighted by Crippen LogP contribution is 2.30. The molecule has 0 aliphatic carbocycles. The van der Waals surface area contributed by atoms with E-state index in [1.165, 1.54) is 5.56 Å². The Balaban J connectivity index is 1.51. The molecule has 0 N–H and O–H groups in total. The van der Waals surface area contributed by atoms with Crippen LogP contribution in [0.1, 0.15) is 17.4 Å². The Bertz CT molecular complexity index is 889. The topological polar surface area (TPSA) is 35.9 Å². The van der Waals surface area contributed by atoms with Crippen LogP contribution in [0.25, 0.3) is 5.69 Å². The van der Waals surface area contributed by atoms with Crippen molar-refractivity contribution in [2.75, 3.05) is 27.4 Å². The van der Waals surface area contributed by atoms with E-state index in [1.807, 2.05) is 30.3 Å². The van der Waals surface area contributed by atoms with E-state index in [4.69, 9.17) is 14.2 Å². The van der Waals surface area contributed by atoms with Gasteiger partial charge in [-0.05, 0) is 35.9 Å². The molecule has 1 unspecified atom stereocenters. The second-order valence-corrected chi connectivity index (χ2v) is 6.60. The molecule has 1 atom stereocenters. The summed E-state index contributed by atoms with van der Waals surface area (Å²) in [5.41, 5.74) is 3.47. The van der Waals surface area contributed by atoms with Crippen molar-refractivity contribution in [3.63, 3.8) is 0 Å². The standard InChI is InChI=1S/C22H24N2O3/c1-25-20-8-6-17(7-9-20)15-24-12-13-27-22(24)18-10-11-23(16-18)19-4-3-5-21(14-19)26-2/h3-11,14,16,22H,12-13,15H2,1-2H3. The SMILES string of the molecule is COc1ccc(CN2CCOC2c2ccn(-c3cccc(OC)c3)c2)cc1. The van der Waals surface area contributed by atoms with Crippen LogP contribution in [0.15, 0.2) is 67.0 Å². The van der Waals surface area contributed by atoms with E-state index in [-0.39, 0.29) is 6.23 Å². The Kier molecular flexibility index (Phi) is 5.14. The van der Waals surface area contributed by atoms with Crippen molar-refractivity contribution in [1.82, 2.24) is 9.47 Å². The summed E-state index contributed by atoms with van der Waals surface area (Å²) in [7, 11) is 3.37. The predicted molar refractivity (Wildman–Crippen MR) is 104 cm³/mol. The van der Waals surface area contributed by atoms with Crippen molar-refractivity contribution in [3.8, 4) is 17.2 Å². The van der Waals surface area contributed by atoms with Crippen LogP contribution in [-0.2, 0) is 11.3 Å². The normalized spacial score (nSPS) is 17.2. The Hall–Kier alpha value is -2.76. The summed E-state index contributed by atoms with van der Waals surface area (Å²) in [5.74, 6) is 1.73. The van der Waals surface area contributed by atoms with Crippen molar-refractivity contribution in [2.24, 2.45) is 0 Å². The molecule has 1 aromatic heterocycles. The average molecular weight is 364 g/mol. The van der Waals surface area contributed by atoms with Crippen LogP contribution in [0, 0.1) is 0 Å². The second-order valence-electron chi connectivity index (χ2n) is 6.60. The molecule has 27 heavy (non-hydrogen) atoms. The van der Waals surface area contributed by atoms with Crippen LogP contribution in [0.4, 0.5) is 0 Å². The van der Waals surface area contributed by atoms with Crippen LogP contribution in [0.2, 0.25) is 0 Å². The third kappa shape index (κ3) is 3.84. The van der Waals surface area contributed by atoms with Crippen LogP contribution in [0.3, 0.4) is 0 Å². The lowest BCUT2D eigenvalue weighted by Gasteiger charge is -2.22. The monoisotopic (exact) mass is 364 g/mol. The quantitative estimate of drug-likeness (QED) is 0.662. The first-order valence-corrected chi connectivity index (χ1v) is 9.08. The lowest BCUT2D eigenvalue weighted by Crippen LogP contribution is -2.23. The van der Waals surface area contributed by atoms with E-state index >= 15 is 0 Å². The van der Waals surface area contributed by atoms with Gasteiger partial charge in [-0.1, -0.05) is 18.2 Å². The maximum absolute atomic E-state index is 6.03. The number of rotatable bonds is 6. The zero-order valence-electron chi connectivity index (χ0n) is 15.7. The Morgan fingerprint density at radius 3 is 2.59 bits per heavy atom. The van der Waals surface area contributed by atoms with Gasteiger partial charge >= 0.3 is 0 Å². The molecular formula is C22H24N2O3. The summed E-state index contributed by atoms with van der Waals surface area (Å²) in [4.78, 5) is 2.35. The number of hydrogen-bond acceptors (Lipinski definition) is 4. The highest BCUT2D eigenvalue weighted by molar-refractivity contribution is 5.40. The lowest BCUT2D eigenvalue weighted by molar-refractivity contribution is 0.0288. The van der Waals surface area contributed by atoms with Crippen molar-refractivity contribution in [1.29, 1.82) is 0 Å². The maximum atomic E-state index is 6.03. The molecule has 5 nitrogen and oxygen atoms in total. The molecule has 2 aromatic carbocycles. The summed E-state index contributed by atoms with van der Waals surface area (Å²) < 4.78 is 18.7. The summed E-state index contributed by atoms with van der Waals surface area (Å²) in [6.45, 7) is 2.51. The summed E-state index contributed by atoms with van der Waals surface area (Å²) >= 11 is 0. The molecule has 0 saturated carbocycles. The number of nitrogens with zero attached hydrogens (tertiary/aromatic N) is 2. The average Bonchev–Trinajstić information content (AvgIpc) is 3.38. The van der Waals surface area contributed by atoms with Crippen molar-refractivity contribution >= 4 is 0 Å². The van der Waals surface area contributed by atoms with E-state index < -0.39 is 0 Å². The van der Waals surface area contributed by atoms with Gasteiger partial charge in [0.2, 0.25) is 0 Å². The third-order valence-electron chi connectivity index (χ3n) is 4.88. The summed E-state index contributed by atoms with van der Waals surface area (Å²) in [6.07, 6.45) is 4.17. The van der Waals surface area contributed by atoms with Crippen LogP contribution >= 0.6 is 0 Å². The van der Waals surface area contributed by atoms with Gasteiger partial charge in [0.05, 0.1) is 20.8 Å².